The Kier molecular flexibility index (Phi) is 6.06. The zero-order valence-corrected chi connectivity index (χ0v) is 20.0. The molecule has 5 rings (SSSR count). The molecule has 7 nitrogen and oxygen atoms in total. The number of hydrogen-bond acceptors (Lipinski definition) is 6. The van der Waals surface area contributed by atoms with Crippen LogP contribution in [-0.4, -0.2) is 59.3 Å². The van der Waals surface area contributed by atoms with Gasteiger partial charge in [0.2, 0.25) is 5.91 Å². The van der Waals surface area contributed by atoms with Crippen molar-refractivity contribution < 1.29 is 14.3 Å². The monoisotopic (exact) mass is 474 g/mol. The fourth-order valence-corrected chi connectivity index (χ4v) is 5.12. The number of methoxy groups -OCH3 is 1. The summed E-state index contributed by atoms with van der Waals surface area (Å²) in [5.41, 5.74) is 4.66. The second-order valence-corrected chi connectivity index (χ2v) is 9.22. The summed E-state index contributed by atoms with van der Waals surface area (Å²) in [5, 5.41) is 2.02. The van der Waals surface area contributed by atoms with Crippen LogP contribution in [0, 0.1) is 0 Å². The molecule has 1 amide bonds. The predicted octanol–water partition coefficient (Wildman–Crippen LogP) is 4.17. The molecule has 1 saturated heterocycles. The van der Waals surface area contributed by atoms with Crippen molar-refractivity contribution in [3.8, 4) is 17.0 Å². The van der Waals surface area contributed by atoms with E-state index >= 15 is 0 Å². The second-order valence-electron chi connectivity index (χ2n) is 8.38. The van der Waals surface area contributed by atoms with Gasteiger partial charge in [0.05, 0.1) is 19.2 Å². The van der Waals surface area contributed by atoms with Crippen LogP contribution >= 0.6 is 11.3 Å². The third-order valence-electron chi connectivity index (χ3n) is 6.27. The highest BCUT2D eigenvalue weighted by Crippen LogP contribution is 2.26. The van der Waals surface area contributed by atoms with Gasteiger partial charge in [-0.15, -0.1) is 11.3 Å². The van der Waals surface area contributed by atoms with Crippen molar-refractivity contribution in [2.75, 3.05) is 38.2 Å². The Morgan fingerprint density at radius 3 is 2.35 bits per heavy atom. The van der Waals surface area contributed by atoms with Gasteiger partial charge in [0, 0.05) is 60.3 Å². The lowest BCUT2D eigenvalue weighted by Crippen LogP contribution is -2.49. The zero-order chi connectivity index (χ0) is 23.7. The lowest BCUT2D eigenvalue weighted by molar-refractivity contribution is -0.130. The van der Waals surface area contributed by atoms with Gasteiger partial charge in [-0.05, 0) is 55.5 Å². The Morgan fingerprint density at radius 2 is 1.71 bits per heavy atom. The van der Waals surface area contributed by atoms with E-state index in [1.807, 2.05) is 69.4 Å². The molecule has 0 atom stereocenters. The van der Waals surface area contributed by atoms with E-state index in [4.69, 9.17) is 9.72 Å². The van der Waals surface area contributed by atoms with Crippen LogP contribution in [0.1, 0.15) is 23.0 Å². The lowest BCUT2D eigenvalue weighted by Gasteiger charge is -2.36. The maximum atomic E-state index is 13.0. The van der Waals surface area contributed by atoms with E-state index in [1.165, 1.54) is 0 Å². The average Bonchev–Trinajstić information content (AvgIpc) is 3.46. The van der Waals surface area contributed by atoms with Gasteiger partial charge in [-0.2, -0.15) is 0 Å². The largest absolute Gasteiger partial charge is 0.497 e. The number of carbonyl (C=O) groups is 2. The minimum absolute atomic E-state index is 0.0681. The number of imidazole rings is 1. The molecule has 0 bridgehead atoms. The maximum absolute atomic E-state index is 13.0. The molecule has 34 heavy (non-hydrogen) atoms. The molecule has 8 heteroatoms. The van der Waals surface area contributed by atoms with Gasteiger partial charge in [-0.3, -0.25) is 14.0 Å². The Bertz CT molecular complexity index is 1320. The first kappa shape index (κ1) is 22.2. The number of amides is 1. The molecule has 0 N–H and O–H groups in total. The molecule has 0 unspecified atom stereocenters. The summed E-state index contributed by atoms with van der Waals surface area (Å²) >= 11 is 1.55. The number of hydrogen-bond donors (Lipinski definition) is 0. The lowest BCUT2D eigenvalue weighted by atomic mass is 10.1. The highest BCUT2D eigenvalue weighted by atomic mass is 32.1. The van der Waals surface area contributed by atoms with E-state index in [2.05, 4.69) is 4.90 Å². The number of piperazine rings is 1. The number of aromatic nitrogens is 2. The number of Topliss-reactive ketones (excluding diaryl/α,β-unsaturated/α-hetero) is 1. The third kappa shape index (κ3) is 4.41. The van der Waals surface area contributed by atoms with Crippen molar-refractivity contribution >= 4 is 33.7 Å². The van der Waals surface area contributed by atoms with Crippen molar-refractivity contribution in [1.82, 2.24) is 14.3 Å². The van der Waals surface area contributed by atoms with Crippen LogP contribution in [0.3, 0.4) is 0 Å². The summed E-state index contributed by atoms with van der Waals surface area (Å²) in [6.07, 6.45) is 2.35. The standard InChI is InChI=1S/C26H26N4O3S/c1-18(31)19-3-7-21(8-4-19)28-11-13-29(14-12-28)25(32)15-22-17-34-26-27-24(16-30(22)26)20-5-9-23(33-2)10-6-20/h3-10,16-17H,11-15H2,1-2H3. The molecule has 4 aromatic rings. The number of benzene rings is 2. The third-order valence-corrected chi connectivity index (χ3v) is 7.16. The van der Waals surface area contributed by atoms with Gasteiger partial charge in [0.25, 0.3) is 0 Å². The van der Waals surface area contributed by atoms with Gasteiger partial charge in [-0.25, -0.2) is 4.98 Å². The number of carbonyl (C=O) groups excluding carboxylic acids is 2. The van der Waals surface area contributed by atoms with Crippen LogP contribution < -0.4 is 9.64 Å². The Balaban J connectivity index is 1.22. The van der Waals surface area contributed by atoms with Crippen LogP contribution in [-0.2, 0) is 11.2 Å². The van der Waals surface area contributed by atoms with E-state index in [1.54, 1.807) is 25.4 Å². The van der Waals surface area contributed by atoms with E-state index in [-0.39, 0.29) is 11.7 Å². The van der Waals surface area contributed by atoms with Gasteiger partial charge in [-0.1, -0.05) is 0 Å². The Hall–Kier alpha value is -3.65. The van der Waals surface area contributed by atoms with Crippen LogP contribution in [0.4, 0.5) is 5.69 Å². The molecular formula is C26H26N4O3S. The summed E-state index contributed by atoms with van der Waals surface area (Å²) in [4.78, 5) is 34.3. The zero-order valence-electron chi connectivity index (χ0n) is 19.2. The van der Waals surface area contributed by atoms with E-state index in [9.17, 15) is 9.59 Å². The SMILES string of the molecule is COc1ccc(-c2cn3c(CC(=O)N4CCN(c5ccc(C(C)=O)cc5)CC4)csc3n2)cc1. The van der Waals surface area contributed by atoms with E-state index < -0.39 is 0 Å². The van der Waals surface area contributed by atoms with Gasteiger partial charge >= 0.3 is 0 Å². The topological polar surface area (TPSA) is 67.2 Å². The summed E-state index contributed by atoms with van der Waals surface area (Å²) in [6.45, 7) is 4.49. The van der Waals surface area contributed by atoms with Crippen LogP contribution in [0.25, 0.3) is 16.2 Å². The molecule has 0 saturated carbocycles. The quantitative estimate of drug-likeness (QED) is 0.393. The molecule has 2 aromatic heterocycles. The first-order valence-corrected chi connectivity index (χ1v) is 12.1. The van der Waals surface area contributed by atoms with Crippen molar-refractivity contribution in [2.24, 2.45) is 0 Å². The van der Waals surface area contributed by atoms with Crippen LogP contribution in [0.5, 0.6) is 5.75 Å². The Morgan fingerprint density at radius 1 is 1.00 bits per heavy atom. The number of rotatable bonds is 6. The Labute approximate surface area is 202 Å². The minimum Gasteiger partial charge on any atom is -0.497 e. The molecule has 0 radical (unpaired) electrons. The molecule has 1 fully saturated rings. The molecule has 1 aliphatic heterocycles. The first-order valence-electron chi connectivity index (χ1n) is 11.3. The molecule has 0 spiro atoms. The molecule has 174 valence electrons. The number of nitrogens with zero attached hydrogens (tertiary/aromatic N) is 4. The molecule has 0 aliphatic carbocycles. The summed E-state index contributed by atoms with van der Waals surface area (Å²) in [6, 6.07) is 15.5. The summed E-state index contributed by atoms with van der Waals surface area (Å²) in [7, 11) is 1.65. The van der Waals surface area contributed by atoms with Gasteiger partial charge in [0.15, 0.2) is 10.7 Å². The minimum atomic E-state index is 0.0681. The molecular weight excluding hydrogens is 448 g/mol. The average molecular weight is 475 g/mol. The number of fused-ring (bicyclic) bond motifs is 1. The number of ketones is 1. The highest BCUT2D eigenvalue weighted by Gasteiger charge is 2.23. The molecule has 3 heterocycles. The molecule has 2 aromatic carbocycles. The second kappa shape index (κ2) is 9.30. The van der Waals surface area contributed by atoms with Gasteiger partial charge in [0.1, 0.15) is 5.75 Å². The van der Waals surface area contributed by atoms with E-state index in [0.717, 1.165) is 46.4 Å². The van der Waals surface area contributed by atoms with Crippen LogP contribution in [0.2, 0.25) is 0 Å². The van der Waals surface area contributed by atoms with E-state index in [0.29, 0.717) is 25.1 Å². The van der Waals surface area contributed by atoms with Crippen LogP contribution in [0.15, 0.2) is 60.1 Å². The number of thiazole rings is 1. The smallest absolute Gasteiger partial charge is 0.228 e. The number of ether oxygens (including phenoxy) is 1. The van der Waals surface area contributed by atoms with Crippen molar-refractivity contribution in [3.63, 3.8) is 0 Å². The predicted molar refractivity (Wildman–Crippen MR) is 134 cm³/mol. The fourth-order valence-electron chi connectivity index (χ4n) is 4.25. The summed E-state index contributed by atoms with van der Waals surface area (Å²) < 4.78 is 7.26. The van der Waals surface area contributed by atoms with Crippen molar-refractivity contribution in [3.05, 3.63) is 71.4 Å². The highest BCUT2D eigenvalue weighted by molar-refractivity contribution is 7.15. The van der Waals surface area contributed by atoms with Crippen molar-refractivity contribution in [1.29, 1.82) is 0 Å². The summed E-state index contributed by atoms with van der Waals surface area (Å²) in [5.74, 6) is 1.01. The number of anilines is 1. The maximum Gasteiger partial charge on any atom is 0.228 e. The fraction of sp³-hybridized carbons (Fsp3) is 0.269. The first-order chi connectivity index (χ1) is 16.5. The normalized spacial score (nSPS) is 13.9. The van der Waals surface area contributed by atoms with Crippen molar-refractivity contribution in [2.45, 2.75) is 13.3 Å². The molecule has 1 aliphatic rings. The van der Waals surface area contributed by atoms with Gasteiger partial charge < -0.3 is 14.5 Å².